The van der Waals surface area contributed by atoms with E-state index in [1.54, 1.807) is 0 Å². The van der Waals surface area contributed by atoms with Crippen molar-refractivity contribution in [3.63, 3.8) is 0 Å². The highest BCUT2D eigenvalue weighted by Crippen LogP contribution is 2.31. The monoisotopic (exact) mass is 262 g/mol. The normalized spacial score (nSPS) is 24.2. The summed E-state index contributed by atoms with van der Waals surface area (Å²) in [4.78, 5) is 2.48. The lowest BCUT2D eigenvalue weighted by molar-refractivity contribution is 0.0628. The molecule has 3 nitrogen and oxygen atoms in total. The largest absolute Gasteiger partial charge is 0.377 e. The van der Waals surface area contributed by atoms with Gasteiger partial charge < -0.3 is 15.4 Å². The van der Waals surface area contributed by atoms with Crippen LogP contribution in [0.5, 0.6) is 0 Å². The second-order valence-corrected chi connectivity index (χ2v) is 5.69. The molecular weight excluding hydrogens is 236 g/mol. The zero-order valence-corrected chi connectivity index (χ0v) is 12.1. The van der Waals surface area contributed by atoms with Crippen molar-refractivity contribution in [3.8, 4) is 0 Å². The van der Waals surface area contributed by atoms with E-state index in [2.05, 4.69) is 49.1 Å². The molecule has 0 aromatic heterocycles. The number of rotatable bonds is 6. The Hall–Kier alpha value is -0.900. The lowest BCUT2D eigenvalue weighted by Gasteiger charge is -2.17. The summed E-state index contributed by atoms with van der Waals surface area (Å²) in [5.74, 6) is 1.15. The summed E-state index contributed by atoms with van der Waals surface area (Å²) in [5.41, 5.74) is 7.36. The highest BCUT2D eigenvalue weighted by Gasteiger charge is 2.32. The summed E-state index contributed by atoms with van der Waals surface area (Å²) in [6, 6.07) is 10.8. The Bertz CT molecular complexity index is 366. The van der Waals surface area contributed by atoms with Crippen LogP contribution in [0.4, 0.5) is 0 Å². The van der Waals surface area contributed by atoms with Crippen LogP contribution in [0.25, 0.3) is 0 Å². The van der Waals surface area contributed by atoms with Gasteiger partial charge in [-0.15, -0.1) is 0 Å². The van der Waals surface area contributed by atoms with Crippen LogP contribution in [0, 0.1) is 5.92 Å². The minimum absolute atomic E-state index is 0.317. The SMILES string of the molecule is CC(C)OCCN1C[C@@H](CN)[C@H](c2ccccc2)C1. The van der Waals surface area contributed by atoms with Crippen LogP contribution in [0.3, 0.4) is 0 Å². The molecule has 106 valence electrons. The van der Waals surface area contributed by atoms with Crippen LogP contribution in [0.15, 0.2) is 30.3 Å². The van der Waals surface area contributed by atoms with E-state index in [1.807, 2.05) is 0 Å². The molecule has 3 heteroatoms. The number of ether oxygens (including phenoxy) is 1. The number of nitrogens with two attached hydrogens (primary N) is 1. The molecule has 1 aliphatic heterocycles. The van der Waals surface area contributed by atoms with Gasteiger partial charge in [-0.05, 0) is 31.9 Å². The molecule has 2 rings (SSSR count). The topological polar surface area (TPSA) is 38.5 Å². The molecule has 1 aliphatic rings. The van der Waals surface area contributed by atoms with Crippen LogP contribution in [-0.4, -0.2) is 43.8 Å². The van der Waals surface area contributed by atoms with E-state index in [1.165, 1.54) is 5.56 Å². The van der Waals surface area contributed by atoms with Crippen LogP contribution >= 0.6 is 0 Å². The second kappa shape index (κ2) is 7.04. The number of hydrogen-bond acceptors (Lipinski definition) is 3. The molecule has 1 aromatic rings. The molecule has 0 saturated carbocycles. The molecule has 19 heavy (non-hydrogen) atoms. The third-order valence-electron chi connectivity index (χ3n) is 3.91. The van der Waals surface area contributed by atoms with Gasteiger partial charge in [0.1, 0.15) is 0 Å². The average molecular weight is 262 g/mol. The minimum Gasteiger partial charge on any atom is -0.377 e. The van der Waals surface area contributed by atoms with Gasteiger partial charge in [-0.3, -0.25) is 0 Å². The molecule has 1 fully saturated rings. The molecular formula is C16H26N2O. The van der Waals surface area contributed by atoms with Gasteiger partial charge in [-0.1, -0.05) is 30.3 Å². The van der Waals surface area contributed by atoms with Crippen molar-refractivity contribution in [2.75, 3.05) is 32.8 Å². The maximum absolute atomic E-state index is 5.94. The van der Waals surface area contributed by atoms with Crippen molar-refractivity contribution in [2.45, 2.75) is 25.9 Å². The smallest absolute Gasteiger partial charge is 0.0596 e. The number of benzene rings is 1. The standard InChI is InChI=1S/C16H26N2O/c1-13(2)19-9-8-18-11-15(10-17)16(12-18)14-6-4-3-5-7-14/h3-7,13,15-16H,8-12,17H2,1-2H3/t15-,16+/m1/s1. The molecule has 1 saturated heterocycles. The summed E-state index contributed by atoms with van der Waals surface area (Å²) in [7, 11) is 0. The Labute approximate surface area is 116 Å². The predicted octanol–water partition coefficient (Wildman–Crippen LogP) is 2.09. The summed E-state index contributed by atoms with van der Waals surface area (Å²) >= 11 is 0. The summed E-state index contributed by atoms with van der Waals surface area (Å²) < 4.78 is 5.64. The molecule has 0 unspecified atom stereocenters. The first kappa shape index (κ1) is 14.5. The van der Waals surface area contributed by atoms with Gasteiger partial charge in [0, 0.05) is 25.6 Å². The van der Waals surface area contributed by atoms with Crippen molar-refractivity contribution < 1.29 is 4.74 Å². The number of likely N-dealkylation sites (tertiary alicyclic amines) is 1. The van der Waals surface area contributed by atoms with Crippen molar-refractivity contribution in [1.29, 1.82) is 0 Å². The van der Waals surface area contributed by atoms with E-state index in [0.717, 1.165) is 32.8 Å². The van der Waals surface area contributed by atoms with Gasteiger partial charge in [0.15, 0.2) is 0 Å². The van der Waals surface area contributed by atoms with Gasteiger partial charge in [0.05, 0.1) is 12.7 Å². The summed E-state index contributed by atoms with van der Waals surface area (Å²) in [5, 5.41) is 0. The first-order chi connectivity index (χ1) is 9.20. The fraction of sp³-hybridized carbons (Fsp3) is 0.625. The molecule has 2 N–H and O–H groups in total. The highest BCUT2D eigenvalue weighted by atomic mass is 16.5. The van der Waals surface area contributed by atoms with Crippen molar-refractivity contribution in [1.82, 2.24) is 4.90 Å². The summed E-state index contributed by atoms with van der Waals surface area (Å²) in [6.45, 7) is 8.96. The third-order valence-corrected chi connectivity index (χ3v) is 3.91. The van der Waals surface area contributed by atoms with Gasteiger partial charge in [-0.2, -0.15) is 0 Å². The Balaban J connectivity index is 1.91. The van der Waals surface area contributed by atoms with E-state index < -0.39 is 0 Å². The Morgan fingerprint density at radius 3 is 2.63 bits per heavy atom. The Morgan fingerprint density at radius 2 is 2.00 bits per heavy atom. The Morgan fingerprint density at radius 1 is 1.26 bits per heavy atom. The fourth-order valence-corrected chi connectivity index (χ4v) is 2.88. The first-order valence-electron chi connectivity index (χ1n) is 7.29. The first-order valence-corrected chi connectivity index (χ1v) is 7.29. The maximum atomic E-state index is 5.94. The molecule has 1 aromatic carbocycles. The highest BCUT2D eigenvalue weighted by molar-refractivity contribution is 5.22. The Kier molecular flexibility index (Phi) is 5.37. The summed E-state index contributed by atoms with van der Waals surface area (Å²) in [6.07, 6.45) is 0.317. The van der Waals surface area contributed by atoms with Gasteiger partial charge >= 0.3 is 0 Å². The number of hydrogen-bond donors (Lipinski definition) is 1. The van der Waals surface area contributed by atoms with E-state index in [9.17, 15) is 0 Å². The molecule has 0 amide bonds. The third kappa shape index (κ3) is 4.03. The zero-order chi connectivity index (χ0) is 13.7. The lowest BCUT2D eigenvalue weighted by Crippen LogP contribution is -2.27. The van der Waals surface area contributed by atoms with Crippen LogP contribution < -0.4 is 5.73 Å². The van der Waals surface area contributed by atoms with Crippen LogP contribution in [0.2, 0.25) is 0 Å². The molecule has 0 aliphatic carbocycles. The van der Waals surface area contributed by atoms with Crippen molar-refractivity contribution >= 4 is 0 Å². The quantitative estimate of drug-likeness (QED) is 0.853. The number of nitrogens with zero attached hydrogens (tertiary/aromatic N) is 1. The second-order valence-electron chi connectivity index (χ2n) is 5.69. The maximum Gasteiger partial charge on any atom is 0.0596 e. The van der Waals surface area contributed by atoms with Gasteiger partial charge in [0.25, 0.3) is 0 Å². The molecule has 0 radical (unpaired) electrons. The van der Waals surface area contributed by atoms with Crippen molar-refractivity contribution in [3.05, 3.63) is 35.9 Å². The van der Waals surface area contributed by atoms with Crippen molar-refractivity contribution in [2.24, 2.45) is 11.7 Å². The minimum atomic E-state index is 0.317. The van der Waals surface area contributed by atoms with Gasteiger partial charge in [-0.25, -0.2) is 0 Å². The van der Waals surface area contributed by atoms with Crippen LogP contribution in [-0.2, 0) is 4.74 Å². The molecule has 2 atom stereocenters. The van der Waals surface area contributed by atoms with E-state index in [4.69, 9.17) is 10.5 Å². The van der Waals surface area contributed by atoms with Gasteiger partial charge in [0.2, 0.25) is 0 Å². The van der Waals surface area contributed by atoms with E-state index in [0.29, 0.717) is 17.9 Å². The molecule has 0 spiro atoms. The zero-order valence-electron chi connectivity index (χ0n) is 12.1. The van der Waals surface area contributed by atoms with Crippen LogP contribution in [0.1, 0.15) is 25.3 Å². The molecule has 0 bridgehead atoms. The lowest BCUT2D eigenvalue weighted by atomic mass is 9.89. The molecule has 1 heterocycles. The average Bonchev–Trinajstić information content (AvgIpc) is 2.82. The fourth-order valence-electron chi connectivity index (χ4n) is 2.88. The predicted molar refractivity (Wildman–Crippen MR) is 79.3 cm³/mol. The van der Waals surface area contributed by atoms with E-state index >= 15 is 0 Å². The van der Waals surface area contributed by atoms with E-state index in [-0.39, 0.29) is 0 Å².